The minimum atomic E-state index is -1.01. The fourth-order valence-electron chi connectivity index (χ4n) is 3.67. The zero-order valence-electron chi connectivity index (χ0n) is 17.5. The number of benzene rings is 2. The van der Waals surface area contributed by atoms with E-state index in [9.17, 15) is 15.0 Å². The topological polar surface area (TPSA) is 83.5 Å². The zero-order chi connectivity index (χ0) is 21.6. The summed E-state index contributed by atoms with van der Waals surface area (Å²) in [6.07, 6.45) is 1.95. The number of aliphatic hydroxyl groups excluding tert-OH is 1. The maximum Gasteiger partial charge on any atom is 0.137 e. The number of hydrogen-bond donors (Lipinski definition) is 3. The van der Waals surface area contributed by atoms with E-state index in [1.54, 1.807) is 19.9 Å². The Labute approximate surface area is 178 Å². The van der Waals surface area contributed by atoms with Gasteiger partial charge >= 0.3 is 0 Å². The number of hydrogen-bond acceptors (Lipinski definition) is 4. The molecule has 29 heavy (non-hydrogen) atoms. The number of carbonyl (C=O) groups is 1. The van der Waals surface area contributed by atoms with Gasteiger partial charge in [0.15, 0.2) is 0 Å². The molecule has 0 spiro atoms. The first-order valence-corrected chi connectivity index (χ1v) is 10.5. The Kier molecular flexibility index (Phi) is 8.41. The third-order valence-electron chi connectivity index (χ3n) is 5.30. The maximum atomic E-state index is 12.5. The van der Waals surface area contributed by atoms with Crippen LogP contribution in [-0.4, -0.2) is 28.6 Å². The van der Waals surface area contributed by atoms with Crippen molar-refractivity contribution in [2.24, 2.45) is 5.73 Å². The van der Waals surface area contributed by atoms with E-state index in [0.29, 0.717) is 30.7 Å². The normalized spacial score (nSPS) is 13.9. The van der Waals surface area contributed by atoms with Crippen molar-refractivity contribution >= 4 is 17.4 Å². The molecule has 0 aliphatic heterocycles. The van der Waals surface area contributed by atoms with Crippen molar-refractivity contribution in [3.63, 3.8) is 0 Å². The van der Waals surface area contributed by atoms with Crippen molar-refractivity contribution in [2.75, 3.05) is 6.61 Å². The molecule has 2 aromatic carbocycles. The summed E-state index contributed by atoms with van der Waals surface area (Å²) in [7, 11) is 0. The molecule has 0 bridgehead atoms. The van der Waals surface area contributed by atoms with Crippen LogP contribution in [0.2, 0.25) is 5.02 Å². The molecule has 2 rings (SSSR count). The monoisotopic (exact) mass is 417 g/mol. The summed E-state index contributed by atoms with van der Waals surface area (Å²) in [5.41, 5.74) is 8.70. The molecular weight excluding hydrogens is 386 g/mol. The Hall–Kier alpha value is -1.72. The van der Waals surface area contributed by atoms with Gasteiger partial charge < -0.3 is 15.9 Å². The van der Waals surface area contributed by atoms with Crippen LogP contribution in [0, 0.1) is 0 Å². The number of Topliss-reactive ketones (excluding diaryl/α,β-unsaturated/α-hetero) is 1. The molecule has 0 heterocycles. The molecule has 2 atom stereocenters. The number of carbonyl (C=O) groups excluding carboxylic acids is 1. The van der Waals surface area contributed by atoms with Crippen LogP contribution in [0.1, 0.15) is 61.8 Å². The Balaban J connectivity index is 2.16. The van der Waals surface area contributed by atoms with Gasteiger partial charge in [-0.3, -0.25) is 4.79 Å². The van der Waals surface area contributed by atoms with Crippen LogP contribution in [0.4, 0.5) is 0 Å². The van der Waals surface area contributed by atoms with Gasteiger partial charge in [-0.25, -0.2) is 0 Å². The summed E-state index contributed by atoms with van der Waals surface area (Å²) in [6.45, 7) is 5.46. The number of halogens is 1. The summed E-state index contributed by atoms with van der Waals surface area (Å²) in [6, 6.07) is 12.9. The van der Waals surface area contributed by atoms with Crippen molar-refractivity contribution in [3.05, 3.63) is 69.7 Å². The van der Waals surface area contributed by atoms with E-state index in [1.165, 1.54) is 0 Å². The van der Waals surface area contributed by atoms with Gasteiger partial charge in [0.05, 0.1) is 12.2 Å². The lowest BCUT2D eigenvalue weighted by Gasteiger charge is -2.27. The van der Waals surface area contributed by atoms with Gasteiger partial charge in [-0.05, 0) is 60.9 Å². The summed E-state index contributed by atoms with van der Waals surface area (Å²) < 4.78 is 0. The summed E-state index contributed by atoms with van der Waals surface area (Å²) in [5.74, 6) is 0.269. The molecule has 0 saturated heterocycles. The van der Waals surface area contributed by atoms with Gasteiger partial charge in [0.2, 0.25) is 0 Å². The number of ketones is 1. The second-order valence-corrected chi connectivity index (χ2v) is 8.73. The smallest absolute Gasteiger partial charge is 0.137 e. The van der Waals surface area contributed by atoms with E-state index in [0.717, 1.165) is 22.3 Å². The largest absolute Gasteiger partial charge is 0.395 e. The molecule has 0 aromatic heterocycles. The summed E-state index contributed by atoms with van der Waals surface area (Å²) in [5, 5.41) is 20.6. The van der Waals surface area contributed by atoms with E-state index < -0.39 is 11.6 Å². The molecule has 0 aliphatic rings. The highest BCUT2D eigenvalue weighted by Gasteiger charge is 2.24. The fourth-order valence-corrected chi connectivity index (χ4v) is 3.87. The first kappa shape index (κ1) is 23.6. The van der Waals surface area contributed by atoms with E-state index in [-0.39, 0.29) is 18.3 Å². The van der Waals surface area contributed by atoms with Crippen LogP contribution in [0.3, 0.4) is 0 Å². The van der Waals surface area contributed by atoms with Gasteiger partial charge in [0.25, 0.3) is 0 Å². The molecule has 0 fully saturated rings. The van der Waals surface area contributed by atoms with Crippen LogP contribution >= 0.6 is 11.6 Å². The average Bonchev–Trinajstić information content (AvgIpc) is 2.67. The van der Waals surface area contributed by atoms with Crippen LogP contribution in [-0.2, 0) is 23.2 Å². The third-order valence-corrected chi connectivity index (χ3v) is 5.67. The highest BCUT2D eigenvalue weighted by atomic mass is 35.5. The Morgan fingerprint density at radius 1 is 1.17 bits per heavy atom. The standard InChI is InChI=1S/C24H32ClNO3/c1-16(11-12-19(28)13-17-7-4-5-10-23(17)25)20-8-6-9-22(24(2,3)29)21(20)14-18(26)15-27/h4-10,16,18,27,29H,11-15,26H2,1-3H3/t16-,18-/m1/s1. The van der Waals surface area contributed by atoms with E-state index in [2.05, 4.69) is 6.92 Å². The number of rotatable bonds is 10. The van der Waals surface area contributed by atoms with E-state index in [4.69, 9.17) is 17.3 Å². The van der Waals surface area contributed by atoms with Gasteiger partial charge in [-0.15, -0.1) is 0 Å². The molecule has 0 saturated carbocycles. The van der Waals surface area contributed by atoms with Crippen molar-refractivity contribution in [2.45, 2.75) is 64.0 Å². The van der Waals surface area contributed by atoms with Crippen molar-refractivity contribution < 1.29 is 15.0 Å². The molecule has 0 radical (unpaired) electrons. The summed E-state index contributed by atoms with van der Waals surface area (Å²) >= 11 is 6.16. The lowest BCUT2D eigenvalue weighted by molar-refractivity contribution is -0.118. The SMILES string of the molecule is C[C@H](CCC(=O)Cc1ccccc1Cl)c1cccc(C(C)(C)O)c1C[C@@H](N)CO. The average molecular weight is 418 g/mol. The van der Waals surface area contributed by atoms with Crippen LogP contribution < -0.4 is 5.73 Å². The predicted molar refractivity (Wildman–Crippen MR) is 118 cm³/mol. The van der Waals surface area contributed by atoms with Crippen LogP contribution in [0.15, 0.2) is 42.5 Å². The maximum absolute atomic E-state index is 12.5. The number of aliphatic hydroxyl groups is 2. The van der Waals surface area contributed by atoms with Gasteiger partial charge in [0, 0.05) is 23.9 Å². The van der Waals surface area contributed by atoms with Gasteiger partial charge in [-0.2, -0.15) is 0 Å². The quantitative estimate of drug-likeness (QED) is 0.542. The molecule has 0 aliphatic carbocycles. The van der Waals surface area contributed by atoms with Crippen molar-refractivity contribution in [1.29, 1.82) is 0 Å². The molecule has 0 unspecified atom stereocenters. The lowest BCUT2D eigenvalue weighted by Crippen LogP contribution is -2.30. The number of nitrogens with two attached hydrogens (primary N) is 1. The Morgan fingerprint density at radius 2 is 1.86 bits per heavy atom. The highest BCUT2D eigenvalue weighted by Crippen LogP contribution is 2.33. The molecule has 158 valence electrons. The van der Waals surface area contributed by atoms with Crippen LogP contribution in [0.5, 0.6) is 0 Å². The Bertz CT molecular complexity index is 829. The third kappa shape index (κ3) is 6.65. The van der Waals surface area contributed by atoms with E-state index in [1.807, 2.05) is 36.4 Å². The minimum Gasteiger partial charge on any atom is -0.395 e. The summed E-state index contributed by atoms with van der Waals surface area (Å²) in [4.78, 5) is 12.5. The molecule has 0 amide bonds. The fraction of sp³-hybridized carbons (Fsp3) is 0.458. The molecule has 2 aromatic rings. The first-order chi connectivity index (χ1) is 13.6. The lowest BCUT2D eigenvalue weighted by atomic mass is 9.82. The van der Waals surface area contributed by atoms with Crippen LogP contribution in [0.25, 0.3) is 0 Å². The first-order valence-electron chi connectivity index (χ1n) is 10.1. The van der Waals surface area contributed by atoms with Crippen molar-refractivity contribution in [3.8, 4) is 0 Å². The minimum absolute atomic E-state index is 0.119. The molecular formula is C24H32ClNO3. The van der Waals surface area contributed by atoms with Gasteiger partial charge in [-0.1, -0.05) is 54.9 Å². The molecule has 4 N–H and O–H groups in total. The van der Waals surface area contributed by atoms with E-state index >= 15 is 0 Å². The molecule has 5 heteroatoms. The highest BCUT2D eigenvalue weighted by molar-refractivity contribution is 6.31. The second kappa shape index (κ2) is 10.4. The van der Waals surface area contributed by atoms with Gasteiger partial charge in [0.1, 0.15) is 5.78 Å². The Morgan fingerprint density at radius 3 is 2.48 bits per heavy atom. The van der Waals surface area contributed by atoms with Crippen molar-refractivity contribution in [1.82, 2.24) is 0 Å². The zero-order valence-corrected chi connectivity index (χ0v) is 18.2. The molecule has 4 nitrogen and oxygen atoms in total. The predicted octanol–water partition coefficient (Wildman–Crippen LogP) is 4.13. The second-order valence-electron chi connectivity index (χ2n) is 8.33.